The van der Waals surface area contributed by atoms with E-state index in [2.05, 4.69) is 83.2 Å². The maximum absolute atomic E-state index is 10.9. The van der Waals surface area contributed by atoms with E-state index in [0.717, 1.165) is 18.4 Å². The molecule has 0 saturated heterocycles. The minimum Gasteiger partial charge on any atom is -0.478 e. The van der Waals surface area contributed by atoms with Crippen molar-refractivity contribution in [3.63, 3.8) is 0 Å². The predicted octanol–water partition coefficient (Wildman–Crippen LogP) is 7.61. The number of carbonyl (C=O) groups is 1. The number of allylic oxidation sites excluding steroid dienone is 3. The van der Waals surface area contributed by atoms with Gasteiger partial charge in [-0.15, -0.1) is 0 Å². The fourth-order valence-corrected chi connectivity index (χ4v) is 5.98. The molecule has 2 aromatic rings. The van der Waals surface area contributed by atoms with Crippen LogP contribution in [0, 0.1) is 0 Å². The van der Waals surface area contributed by atoms with Gasteiger partial charge >= 0.3 is 5.97 Å². The molecule has 1 fully saturated rings. The monoisotopic (exact) mass is 442 g/mol. The van der Waals surface area contributed by atoms with Crippen LogP contribution in [0.5, 0.6) is 0 Å². The van der Waals surface area contributed by atoms with E-state index in [0.29, 0.717) is 5.92 Å². The molecule has 2 aliphatic carbocycles. The number of rotatable bonds is 6. The van der Waals surface area contributed by atoms with Crippen molar-refractivity contribution in [1.82, 2.24) is 0 Å². The van der Waals surface area contributed by atoms with Crippen LogP contribution in [-0.2, 0) is 27.5 Å². The zero-order valence-electron chi connectivity index (χ0n) is 21.0. The van der Waals surface area contributed by atoms with Crippen LogP contribution in [0.15, 0.2) is 66.3 Å². The number of benzene rings is 2. The van der Waals surface area contributed by atoms with E-state index in [9.17, 15) is 4.79 Å². The highest BCUT2D eigenvalue weighted by molar-refractivity contribution is 5.81. The lowest BCUT2D eigenvalue weighted by Gasteiger charge is -2.33. The molecule has 174 valence electrons. The van der Waals surface area contributed by atoms with E-state index in [-0.39, 0.29) is 16.2 Å². The fraction of sp³-hybridized carbons (Fsp3) is 0.452. The van der Waals surface area contributed by atoms with Gasteiger partial charge in [-0.3, -0.25) is 0 Å². The van der Waals surface area contributed by atoms with Crippen LogP contribution < -0.4 is 0 Å². The first-order chi connectivity index (χ1) is 15.5. The van der Waals surface area contributed by atoms with Gasteiger partial charge in [-0.25, -0.2) is 4.79 Å². The Morgan fingerprint density at radius 1 is 1.06 bits per heavy atom. The van der Waals surface area contributed by atoms with E-state index < -0.39 is 5.97 Å². The Balaban J connectivity index is 1.69. The lowest BCUT2D eigenvalue weighted by atomic mass is 9.71. The largest absolute Gasteiger partial charge is 0.478 e. The first-order valence-electron chi connectivity index (χ1n) is 12.3. The fourth-order valence-electron chi connectivity index (χ4n) is 5.98. The zero-order valence-corrected chi connectivity index (χ0v) is 21.0. The lowest BCUT2D eigenvalue weighted by Crippen LogP contribution is -2.25. The molecule has 0 heterocycles. The summed E-state index contributed by atoms with van der Waals surface area (Å²) in [7, 11) is 0. The van der Waals surface area contributed by atoms with Crippen LogP contribution in [0.4, 0.5) is 0 Å². The third kappa shape index (κ3) is 4.45. The Morgan fingerprint density at radius 2 is 1.73 bits per heavy atom. The van der Waals surface area contributed by atoms with Crippen LogP contribution in [0.2, 0.25) is 0 Å². The third-order valence-electron chi connectivity index (χ3n) is 7.96. The van der Waals surface area contributed by atoms with E-state index in [1.165, 1.54) is 41.2 Å². The van der Waals surface area contributed by atoms with Crippen molar-refractivity contribution >= 4 is 5.97 Å². The third-order valence-corrected chi connectivity index (χ3v) is 7.96. The van der Waals surface area contributed by atoms with E-state index >= 15 is 0 Å². The minimum absolute atomic E-state index is 0.0828. The van der Waals surface area contributed by atoms with Crippen molar-refractivity contribution in [3.8, 4) is 0 Å². The second kappa shape index (κ2) is 8.31. The van der Waals surface area contributed by atoms with Gasteiger partial charge in [-0.05, 0) is 88.2 Å². The van der Waals surface area contributed by atoms with Crippen molar-refractivity contribution < 1.29 is 9.90 Å². The quantitative estimate of drug-likeness (QED) is 0.369. The summed E-state index contributed by atoms with van der Waals surface area (Å²) in [4.78, 5) is 10.9. The van der Waals surface area contributed by atoms with Gasteiger partial charge in [-0.1, -0.05) is 89.2 Å². The van der Waals surface area contributed by atoms with Gasteiger partial charge in [-0.2, -0.15) is 0 Å². The van der Waals surface area contributed by atoms with Gasteiger partial charge in [0, 0.05) is 6.08 Å². The molecule has 0 radical (unpaired) electrons. The molecule has 2 nitrogen and oxygen atoms in total. The van der Waals surface area contributed by atoms with Crippen molar-refractivity contribution in [2.45, 2.75) is 89.4 Å². The van der Waals surface area contributed by atoms with Crippen molar-refractivity contribution in [3.05, 3.63) is 94.1 Å². The highest BCUT2D eigenvalue weighted by Gasteiger charge is 2.49. The maximum atomic E-state index is 10.9. The second-order valence-corrected chi connectivity index (χ2v) is 11.8. The smallest absolute Gasteiger partial charge is 0.328 e. The number of fused-ring (bicyclic) bond motifs is 1. The number of carboxylic acid groups (broad SMARTS) is 1. The molecule has 0 aromatic heterocycles. The molecule has 1 atom stereocenters. The number of hydrogen-bond donors (Lipinski definition) is 1. The summed E-state index contributed by atoms with van der Waals surface area (Å²) in [6.45, 7) is 13.7. The highest BCUT2D eigenvalue weighted by Crippen LogP contribution is 2.58. The summed E-state index contributed by atoms with van der Waals surface area (Å²) in [5, 5.41) is 8.97. The number of aliphatic carboxylic acids is 1. The van der Waals surface area contributed by atoms with Gasteiger partial charge in [0.2, 0.25) is 0 Å². The van der Waals surface area contributed by atoms with Crippen LogP contribution in [0.25, 0.3) is 0 Å². The lowest BCUT2D eigenvalue weighted by molar-refractivity contribution is -0.131. The van der Waals surface area contributed by atoms with Gasteiger partial charge in [0.05, 0.1) is 0 Å². The molecule has 2 aliphatic rings. The summed E-state index contributed by atoms with van der Waals surface area (Å²) < 4.78 is 0. The Morgan fingerprint density at radius 3 is 2.36 bits per heavy atom. The first-order valence-corrected chi connectivity index (χ1v) is 12.3. The van der Waals surface area contributed by atoms with Gasteiger partial charge in [0.1, 0.15) is 0 Å². The first kappa shape index (κ1) is 23.5. The van der Waals surface area contributed by atoms with Crippen LogP contribution in [0.1, 0.15) is 94.5 Å². The van der Waals surface area contributed by atoms with Crippen LogP contribution >= 0.6 is 0 Å². The molecule has 1 unspecified atom stereocenters. The second-order valence-electron chi connectivity index (χ2n) is 11.8. The average molecular weight is 443 g/mol. The molecule has 2 heteroatoms. The Bertz CT molecular complexity index is 1120. The molecule has 1 N–H and O–H groups in total. The number of carboxylic acids is 1. The number of hydrogen-bond acceptors (Lipinski definition) is 1. The standard InChI is InChI=1S/C31H38O2/c1-21(19-28(32)33)11-10-16-31(17-18-31)26-15-9-14-25-23(26)20-27(30(25,5)6)22-12-7-8-13-24(22)29(2,3)4/h7-15,19,27H,16-18,20H2,1-6H3,(H,32,33). The molecule has 0 amide bonds. The van der Waals surface area contributed by atoms with Crippen LogP contribution in [-0.4, -0.2) is 11.1 Å². The molecule has 2 aromatic carbocycles. The Hall–Kier alpha value is -2.61. The zero-order chi connectivity index (χ0) is 24.0. The van der Waals surface area contributed by atoms with Crippen molar-refractivity contribution in [2.24, 2.45) is 0 Å². The topological polar surface area (TPSA) is 37.3 Å². The van der Waals surface area contributed by atoms with Crippen LogP contribution in [0.3, 0.4) is 0 Å². The summed E-state index contributed by atoms with van der Waals surface area (Å²) >= 11 is 0. The summed E-state index contributed by atoms with van der Waals surface area (Å²) in [6, 6.07) is 16.0. The van der Waals surface area contributed by atoms with E-state index in [1.807, 2.05) is 13.0 Å². The molecular formula is C31H38O2. The molecule has 0 spiro atoms. The van der Waals surface area contributed by atoms with Gasteiger partial charge < -0.3 is 5.11 Å². The molecule has 1 saturated carbocycles. The predicted molar refractivity (Wildman–Crippen MR) is 137 cm³/mol. The van der Waals surface area contributed by atoms with E-state index in [1.54, 1.807) is 5.56 Å². The van der Waals surface area contributed by atoms with Gasteiger partial charge in [0.15, 0.2) is 0 Å². The molecule has 33 heavy (non-hydrogen) atoms. The van der Waals surface area contributed by atoms with Crippen molar-refractivity contribution in [2.75, 3.05) is 0 Å². The minimum atomic E-state index is -0.886. The average Bonchev–Trinajstić information content (AvgIpc) is 3.45. The Labute approximate surface area is 199 Å². The SMILES string of the molecule is CC(C=CCC1(c2cccc3c2CC(c2ccccc2C(C)(C)C)C3(C)C)CC1)=CC(=O)O. The summed E-state index contributed by atoms with van der Waals surface area (Å²) in [6.07, 6.45) is 9.89. The Kier molecular flexibility index (Phi) is 5.93. The van der Waals surface area contributed by atoms with E-state index in [4.69, 9.17) is 5.11 Å². The normalized spacial score (nSPS) is 21.3. The van der Waals surface area contributed by atoms with Crippen molar-refractivity contribution in [1.29, 1.82) is 0 Å². The molecule has 4 rings (SSSR count). The highest BCUT2D eigenvalue weighted by atomic mass is 16.4. The maximum Gasteiger partial charge on any atom is 0.328 e. The molecular weight excluding hydrogens is 404 g/mol. The molecule has 0 aliphatic heterocycles. The summed E-state index contributed by atoms with van der Waals surface area (Å²) in [5.41, 5.74) is 8.74. The van der Waals surface area contributed by atoms with Gasteiger partial charge in [0.25, 0.3) is 0 Å². The summed E-state index contributed by atoms with van der Waals surface area (Å²) in [5.74, 6) is -0.417. The molecule has 0 bridgehead atoms.